The van der Waals surface area contributed by atoms with Crippen LogP contribution in [0.3, 0.4) is 0 Å². The van der Waals surface area contributed by atoms with E-state index < -0.39 is 0 Å². The van der Waals surface area contributed by atoms with Crippen molar-refractivity contribution in [3.05, 3.63) is 65.0 Å². The summed E-state index contributed by atoms with van der Waals surface area (Å²) in [4.78, 5) is 12.2. The van der Waals surface area contributed by atoms with Crippen LogP contribution in [-0.4, -0.2) is 5.91 Å². The first-order valence-electron chi connectivity index (χ1n) is 7.11. The highest BCUT2D eigenvalue weighted by atomic mass is 19.1. The Morgan fingerprint density at radius 3 is 2.57 bits per heavy atom. The van der Waals surface area contributed by atoms with Crippen molar-refractivity contribution in [2.45, 2.75) is 33.1 Å². The molecule has 0 saturated heterocycles. The average molecular weight is 285 g/mol. The Morgan fingerprint density at radius 2 is 1.90 bits per heavy atom. The highest BCUT2D eigenvalue weighted by Crippen LogP contribution is 2.27. The topological polar surface area (TPSA) is 29.1 Å². The molecule has 1 amide bonds. The van der Waals surface area contributed by atoms with Crippen LogP contribution in [0.15, 0.2) is 42.5 Å². The van der Waals surface area contributed by atoms with Crippen molar-refractivity contribution >= 4 is 11.6 Å². The lowest BCUT2D eigenvalue weighted by molar-refractivity contribution is -0.115. The van der Waals surface area contributed by atoms with E-state index in [0.29, 0.717) is 11.5 Å². The summed E-state index contributed by atoms with van der Waals surface area (Å²) in [6.07, 6.45) is 0.170. The summed E-state index contributed by atoms with van der Waals surface area (Å²) in [5.41, 5.74) is 3.69. The van der Waals surface area contributed by atoms with Gasteiger partial charge in [0.25, 0.3) is 0 Å². The Balaban J connectivity index is 2.17. The molecule has 21 heavy (non-hydrogen) atoms. The van der Waals surface area contributed by atoms with Gasteiger partial charge in [-0.15, -0.1) is 0 Å². The lowest BCUT2D eigenvalue weighted by Gasteiger charge is -2.16. The zero-order chi connectivity index (χ0) is 15.4. The molecule has 0 fully saturated rings. The average Bonchev–Trinajstić information content (AvgIpc) is 2.40. The highest BCUT2D eigenvalue weighted by molar-refractivity contribution is 5.93. The first-order valence-corrected chi connectivity index (χ1v) is 7.11. The van der Waals surface area contributed by atoms with E-state index >= 15 is 0 Å². The molecule has 0 aliphatic heterocycles. The summed E-state index contributed by atoms with van der Waals surface area (Å²) in [5, 5.41) is 2.97. The number of benzene rings is 2. The Hall–Kier alpha value is -2.16. The van der Waals surface area contributed by atoms with Crippen LogP contribution in [0.25, 0.3) is 0 Å². The van der Waals surface area contributed by atoms with Crippen LogP contribution in [0.2, 0.25) is 0 Å². The molecular weight excluding hydrogens is 265 g/mol. The van der Waals surface area contributed by atoms with E-state index in [1.165, 1.54) is 12.1 Å². The van der Waals surface area contributed by atoms with Crippen molar-refractivity contribution in [1.82, 2.24) is 0 Å². The number of hydrogen-bond donors (Lipinski definition) is 1. The molecule has 2 aromatic carbocycles. The predicted molar refractivity (Wildman–Crippen MR) is 84.0 cm³/mol. The smallest absolute Gasteiger partial charge is 0.228 e. The minimum atomic E-state index is -0.320. The number of nitrogens with one attached hydrogen (secondary N) is 1. The predicted octanol–water partition coefficient (Wildman–Crippen LogP) is 4.44. The van der Waals surface area contributed by atoms with Crippen molar-refractivity contribution in [3.8, 4) is 0 Å². The van der Waals surface area contributed by atoms with Crippen LogP contribution in [0.5, 0.6) is 0 Å². The van der Waals surface area contributed by atoms with Gasteiger partial charge in [-0.05, 0) is 41.7 Å². The number of carbonyl (C=O) groups excluding carboxylic acids is 1. The first-order chi connectivity index (χ1) is 9.97. The molecule has 0 bridgehead atoms. The zero-order valence-corrected chi connectivity index (χ0v) is 12.6. The van der Waals surface area contributed by atoms with E-state index in [4.69, 9.17) is 0 Å². The fraction of sp³-hybridized carbons (Fsp3) is 0.278. The van der Waals surface area contributed by atoms with Gasteiger partial charge in [0.1, 0.15) is 5.82 Å². The summed E-state index contributed by atoms with van der Waals surface area (Å²) in [6.45, 7) is 6.16. The van der Waals surface area contributed by atoms with Gasteiger partial charge in [-0.1, -0.05) is 44.2 Å². The molecule has 0 aromatic heterocycles. The summed E-state index contributed by atoms with van der Waals surface area (Å²) < 4.78 is 13.1. The van der Waals surface area contributed by atoms with E-state index in [2.05, 4.69) is 19.2 Å². The molecule has 0 spiro atoms. The van der Waals surface area contributed by atoms with Gasteiger partial charge in [-0.3, -0.25) is 4.79 Å². The van der Waals surface area contributed by atoms with Crippen LogP contribution in [0, 0.1) is 12.7 Å². The maximum Gasteiger partial charge on any atom is 0.228 e. The van der Waals surface area contributed by atoms with E-state index in [0.717, 1.165) is 16.8 Å². The van der Waals surface area contributed by atoms with Crippen LogP contribution in [0.4, 0.5) is 10.1 Å². The molecule has 1 N–H and O–H groups in total. The number of rotatable bonds is 4. The number of aryl methyl sites for hydroxylation is 1. The zero-order valence-electron chi connectivity index (χ0n) is 12.6. The van der Waals surface area contributed by atoms with E-state index in [-0.39, 0.29) is 18.1 Å². The minimum Gasteiger partial charge on any atom is -0.325 e. The van der Waals surface area contributed by atoms with Crippen molar-refractivity contribution in [2.24, 2.45) is 0 Å². The van der Waals surface area contributed by atoms with Gasteiger partial charge in [0.05, 0.1) is 6.42 Å². The third-order valence-corrected chi connectivity index (χ3v) is 3.45. The number of anilines is 1. The Bertz CT molecular complexity index is 649. The van der Waals surface area contributed by atoms with E-state index in [1.54, 1.807) is 12.1 Å². The third-order valence-electron chi connectivity index (χ3n) is 3.45. The van der Waals surface area contributed by atoms with E-state index in [9.17, 15) is 9.18 Å². The largest absolute Gasteiger partial charge is 0.325 e. The van der Waals surface area contributed by atoms with Crippen LogP contribution in [-0.2, 0) is 11.2 Å². The number of amides is 1. The minimum absolute atomic E-state index is 0.128. The van der Waals surface area contributed by atoms with Gasteiger partial charge in [0.15, 0.2) is 0 Å². The second kappa shape index (κ2) is 6.53. The fourth-order valence-electron chi connectivity index (χ4n) is 2.36. The second-order valence-corrected chi connectivity index (χ2v) is 5.55. The Morgan fingerprint density at radius 1 is 1.19 bits per heavy atom. The number of carbonyl (C=O) groups is 1. The van der Waals surface area contributed by atoms with Gasteiger partial charge in [0, 0.05) is 5.69 Å². The molecule has 2 aromatic rings. The molecule has 110 valence electrons. The summed E-state index contributed by atoms with van der Waals surface area (Å²) in [5.74, 6) is -0.120. The van der Waals surface area contributed by atoms with Gasteiger partial charge in [-0.2, -0.15) is 0 Å². The summed E-state index contributed by atoms with van der Waals surface area (Å²) >= 11 is 0. The molecule has 0 atom stereocenters. The van der Waals surface area contributed by atoms with Crippen molar-refractivity contribution in [3.63, 3.8) is 0 Å². The van der Waals surface area contributed by atoms with Crippen LogP contribution < -0.4 is 5.32 Å². The van der Waals surface area contributed by atoms with Crippen LogP contribution >= 0.6 is 0 Å². The summed E-state index contributed by atoms with van der Waals surface area (Å²) in [6, 6.07) is 12.1. The summed E-state index contributed by atoms with van der Waals surface area (Å²) in [7, 11) is 0. The lowest BCUT2D eigenvalue weighted by atomic mass is 9.98. The molecule has 0 heterocycles. The standard InChI is InChI=1S/C18H20FNO/c1-12(2)16-9-4-6-13(3)18(16)20-17(21)11-14-7-5-8-15(19)10-14/h4-10,12H,11H2,1-3H3,(H,20,21). The van der Waals surface area contributed by atoms with Gasteiger partial charge >= 0.3 is 0 Å². The van der Waals surface area contributed by atoms with Gasteiger partial charge in [0.2, 0.25) is 5.91 Å². The van der Waals surface area contributed by atoms with Crippen LogP contribution in [0.1, 0.15) is 36.5 Å². The second-order valence-electron chi connectivity index (χ2n) is 5.55. The molecule has 3 heteroatoms. The molecule has 2 nitrogen and oxygen atoms in total. The fourth-order valence-corrected chi connectivity index (χ4v) is 2.36. The molecule has 2 rings (SSSR count). The molecule has 0 aliphatic carbocycles. The Labute approximate surface area is 125 Å². The SMILES string of the molecule is Cc1cccc(C(C)C)c1NC(=O)Cc1cccc(F)c1. The molecule has 0 saturated carbocycles. The van der Waals surface area contributed by atoms with Crippen molar-refractivity contribution in [1.29, 1.82) is 0 Å². The molecule has 0 radical (unpaired) electrons. The monoisotopic (exact) mass is 285 g/mol. The highest BCUT2D eigenvalue weighted by Gasteiger charge is 2.12. The number of hydrogen-bond acceptors (Lipinski definition) is 1. The normalized spacial score (nSPS) is 10.7. The quantitative estimate of drug-likeness (QED) is 0.884. The Kier molecular flexibility index (Phi) is 4.73. The molecule has 0 unspecified atom stereocenters. The van der Waals surface area contributed by atoms with E-state index in [1.807, 2.05) is 25.1 Å². The lowest BCUT2D eigenvalue weighted by Crippen LogP contribution is -2.17. The van der Waals surface area contributed by atoms with Crippen molar-refractivity contribution in [2.75, 3.05) is 5.32 Å². The first kappa shape index (κ1) is 15.2. The van der Waals surface area contributed by atoms with Gasteiger partial charge in [-0.25, -0.2) is 4.39 Å². The third kappa shape index (κ3) is 3.91. The van der Waals surface area contributed by atoms with Crippen molar-refractivity contribution < 1.29 is 9.18 Å². The number of para-hydroxylation sites is 1. The number of halogens is 1. The molecule has 0 aliphatic rings. The van der Waals surface area contributed by atoms with Gasteiger partial charge < -0.3 is 5.32 Å². The maximum absolute atomic E-state index is 13.1. The molecular formula is C18H20FNO. The maximum atomic E-state index is 13.1.